The number of hydrogen-bond donors (Lipinski definition) is 0. The molecule has 0 aromatic heterocycles. The normalized spacial score (nSPS) is 14.5. The summed E-state index contributed by atoms with van der Waals surface area (Å²) in [6.07, 6.45) is 2.61. The average Bonchev–Trinajstić information content (AvgIpc) is 3.13. The highest BCUT2D eigenvalue weighted by Gasteiger charge is 2.32. The monoisotopic (exact) mass is 404 g/mol. The van der Waals surface area contributed by atoms with Crippen LogP contribution in [0, 0.1) is 13.8 Å². The molecule has 154 valence electrons. The number of ketones is 1. The Kier molecular flexibility index (Phi) is 4.98. The van der Waals surface area contributed by atoms with Crippen molar-refractivity contribution in [2.75, 3.05) is 0 Å². The van der Waals surface area contributed by atoms with E-state index in [1.54, 1.807) is 0 Å². The van der Waals surface area contributed by atoms with Crippen molar-refractivity contribution in [1.82, 2.24) is 0 Å². The molecule has 31 heavy (non-hydrogen) atoms. The Morgan fingerprint density at radius 1 is 0.839 bits per heavy atom. The highest BCUT2D eigenvalue weighted by molar-refractivity contribution is 6.01. The molecule has 4 aromatic rings. The second kappa shape index (κ2) is 7.81. The number of rotatable bonds is 5. The zero-order chi connectivity index (χ0) is 21.5. The van der Waals surface area contributed by atoms with E-state index in [9.17, 15) is 4.79 Å². The van der Waals surface area contributed by atoms with Crippen LogP contribution in [-0.4, -0.2) is 5.78 Å². The van der Waals surface area contributed by atoms with Crippen LogP contribution in [0.4, 0.5) is 0 Å². The summed E-state index contributed by atoms with van der Waals surface area (Å²) in [6.45, 7) is 6.50. The molecular formula is C30H28O. The third kappa shape index (κ3) is 3.29. The van der Waals surface area contributed by atoms with E-state index < -0.39 is 0 Å². The summed E-state index contributed by atoms with van der Waals surface area (Å²) in [5, 5.41) is 2.61. The van der Waals surface area contributed by atoms with Crippen molar-refractivity contribution in [3.63, 3.8) is 0 Å². The molecule has 5 rings (SSSR count). The van der Waals surface area contributed by atoms with E-state index in [1.165, 1.54) is 49.7 Å². The van der Waals surface area contributed by atoms with E-state index in [0.29, 0.717) is 6.42 Å². The molecule has 0 saturated carbocycles. The van der Waals surface area contributed by atoms with Crippen LogP contribution in [-0.2, 0) is 0 Å². The van der Waals surface area contributed by atoms with E-state index in [-0.39, 0.29) is 11.7 Å². The van der Waals surface area contributed by atoms with E-state index in [2.05, 4.69) is 87.5 Å². The summed E-state index contributed by atoms with van der Waals surface area (Å²) in [7, 11) is 0. The molecule has 1 heteroatoms. The first-order valence-corrected chi connectivity index (χ1v) is 11.3. The van der Waals surface area contributed by atoms with E-state index in [0.717, 1.165) is 18.4 Å². The molecule has 0 aliphatic heterocycles. The number of aryl methyl sites for hydroxylation is 2. The number of carbonyl (C=O) groups excluding carboxylic acids is 1. The zero-order valence-corrected chi connectivity index (χ0v) is 18.5. The van der Waals surface area contributed by atoms with Crippen LogP contribution in [0.5, 0.6) is 0 Å². The Balaban J connectivity index is 1.76. The number of benzene rings is 4. The van der Waals surface area contributed by atoms with E-state index >= 15 is 0 Å². The lowest BCUT2D eigenvalue weighted by atomic mass is 9.85. The third-order valence-corrected chi connectivity index (χ3v) is 6.83. The molecule has 0 spiro atoms. The van der Waals surface area contributed by atoms with Gasteiger partial charge in [-0.15, -0.1) is 0 Å². The standard InChI is InChI=1S/C30H28O/c1-4-5-11-28(31)23-13-14-24-25-15-12-22-16-19(2)20(3)17-26(22)30(25)29(27(24)18-23)21-9-7-6-8-10-21/h6-10,12-18,29H,4-5,11H2,1-3H3. The lowest BCUT2D eigenvalue weighted by Crippen LogP contribution is -2.03. The molecule has 0 bridgehead atoms. The Bertz CT molecular complexity index is 1300. The van der Waals surface area contributed by atoms with Crippen molar-refractivity contribution >= 4 is 16.6 Å². The lowest BCUT2D eigenvalue weighted by molar-refractivity contribution is 0.0979. The molecule has 1 unspecified atom stereocenters. The van der Waals surface area contributed by atoms with Crippen LogP contribution in [0.1, 0.15) is 70.3 Å². The summed E-state index contributed by atoms with van der Waals surface area (Å²) in [5.41, 5.74) is 9.96. The van der Waals surface area contributed by atoms with Crippen molar-refractivity contribution < 1.29 is 4.79 Å². The molecule has 0 radical (unpaired) electrons. The minimum Gasteiger partial charge on any atom is -0.294 e. The lowest BCUT2D eigenvalue weighted by Gasteiger charge is -2.18. The van der Waals surface area contributed by atoms with Gasteiger partial charge in [-0.05, 0) is 76.1 Å². The summed E-state index contributed by atoms with van der Waals surface area (Å²) in [4.78, 5) is 12.8. The number of unbranched alkanes of at least 4 members (excludes halogenated alkanes) is 1. The maximum absolute atomic E-state index is 12.8. The Morgan fingerprint density at radius 2 is 1.58 bits per heavy atom. The van der Waals surface area contributed by atoms with Gasteiger partial charge in [-0.25, -0.2) is 0 Å². The van der Waals surface area contributed by atoms with Gasteiger partial charge in [0.1, 0.15) is 0 Å². The Labute approximate surface area is 184 Å². The molecule has 0 amide bonds. The van der Waals surface area contributed by atoms with Crippen molar-refractivity contribution in [3.05, 3.63) is 106 Å². The van der Waals surface area contributed by atoms with Crippen LogP contribution < -0.4 is 0 Å². The van der Waals surface area contributed by atoms with Crippen LogP contribution in [0.15, 0.2) is 72.8 Å². The summed E-state index contributed by atoms with van der Waals surface area (Å²) < 4.78 is 0. The summed E-state index contributed by atoms with van der Waals surface area (Å²) >= 11 is 0. The molecule has 1 atom stereocenters. The van der Waals surface area contributed by atoms with Crippen LogP contribution in [0.3, 0.4) is 0 Å². The van der Waals surface area contributed by atoms with Gasteiger partial charge in [-0.2, -0.15) is 0 Å². The number of carbonyl (C=O) groups is 1. The van der Waals surface area contributed by atoms with Crippen molar-refractivity contribution in [3.8, 4) is 11.1 Å². The van der Waals surface area contributed by atoms with Gasteiger partial charge in [0.2, 0.25) is 0 Å². The predicted molar refractivity (Wildman–Crippen MR) is 130 cm³/mol. The molecule has 0 fully saturated rings. The van der Waals surface area contributed by atoms with E-state index in [4.69, 9.17) is 0 Å². The molecule has 4 aromatic carbocycles. The van der Waals surface area contributed by atoms with Crippen molar-refractivity contribution in [2.24, 2.45) is 0 Å². The van der Waals surface area contributed by atoms with Gasteiger partial charge in [-0.3, -0.25) is 4.79 Å². The summed E-state index contributed by atoms with van der Waals surface area (Å²) in [6, 6.07) is 26.3. The Hall–Kier alpha value is -3.19. The topological polar surface area (TPSA) is 17.1 Å². The van der Waals surface area contributed by atoms with Gasteiger partial charge in [0.05, 0.1) is 0 Å². The zero-order valence-electron chi connectivity index (χ0n) is 18.5. The second-order valence-electron chi connectivity index (χ2n) is 8.86. The SMILES string of the molecule is CCCCC(=O)c1ccc2c(c1)C(c1ccccc1)c1c-2ccc2cc(C)c(C)cc12. The van der Waals surface area contributed by atoms with Gasteiger partial charge in [0.15, 0.2) is 5.78 Å². The average molecular weight is 405 g/mol. The number of Topliss-reactive ketones (excluding diaryl/α,β-unsaturated/α-hetero) is 1. The molecule has 0 saturated heterocycles. The molecule has 0 heterocycles. The highest BCUT2D eigenvalue weighted by Crippen LogP contribution is 2.51. The van der Waals surface area contributed by atoms with Crippen molar-refractivity contribution in [2.45, 2.75) is 46.0 Å². The second-order valence-corrected chi connectivity index (χ2v) is 8.86. The third-order valence-electron chi connectivity index (χ3n) is 6.83. The molecular weight excluding hydrogens is 376 g/mol. The van der Waals surface area contributed by atoms with Crippen LogP contribution in [0.2, 0.25) is 0 Å². The number of fused-ring (bicyclic) bond motifs is 5. The minimum absolute atomic E-state index is 0.149. The fraction of sp³-hybridized carbons (Fsp3) is 0.233. The van der Waals surface area contributed by atoms with Gasteiger partial charge in [0.25, 0.3) is 0 Å². The minimum atomic E-state index is 0.149. The fourth-order valence-corrected chi connectivity index (χ4v) is 5.01. The highest BCUT2D eigenvalue weighted by atomic mass is 16.1. The first-order chi connectivity index (χ1) is 15.1. The smallest absolute Gasteiger partial charge is 0.162 e. The Morgan fingerprint density at radius 3 is 2.35 bits per heavy atom. The first kappa shape index (κ1) is 19.8. The van der Waals surface area contributed by atoms with Crippen molar-refractivity contribution in [1.29, 1.82) is 0 Å². The van der Waals surface area contributed by atoms with Gasteiger partial charge in [-0.1, -0.05) is 80.1 Å². The maximum atomic E-state index is 12.8. The fourth-order valence-electron chi connectivity index (χ4n) is 5.01. The van der Waals surface area contributed by atoms with E-state index in [1.807, 2.05) is 6.07 Å². The quantitative estimate of drug-likeness (QED) is 0.271. The number of hydrogen-bond acceptors (Lipinski definition) is 1. The van der Waals surface area contributed by atoms with Crippen LogP contribution in [0.25, 0.3) is 21.9 Å². The first-order valence-electron chi connectivity index (χ1n) is 11.3. The molecule has 1 aliphatic carbocycles. The van der Waals surface area contributed by atoms with Gasteiger partial charge >= 0.3 is 0 Å². The predicted octanol–water partition coefficient (Wildman–Crippen LogP) is 7.99. The maximum Gasteiger partial charge on any atom is 0.162 e. The van der Waals surface area contributed by atoms with Gasteiger partial charge < -0.3 is 0 Å². The molecule has 1 aliphatic rings. The summed E-state index contributed by atoms with van der Waals surface area (Å²) in [5.74, 6) is 0.402. The van der Waals surface area contributed by atoms with Crippen LogP contribution >= 0.6 is 0 Å². The molecule has 0 N–H and O–H groups in total. The van der Waals surface area contributed by atoms with Gasteiger partial charge in [0, 0.05) is 17.9 Å². The largest absolute Gasteiger partial charge is 0.294 e. The molecule has 1 nitrogen and oxygen atoms in total.